The standard InChI is InChI=1S/C43H76N4/c1-3-5-7-9-11-13-15-18-22-26-34-44-42-30-38-46(39-31-42)36-28-24-20-17-21-25-29-37-47-40-32-43(33-41-47)45-35-27-23-19-16-14-12-10-8-6-4-2/h30-33,38-41H,3-29,34-37H2,1-2H3. The zero-order chi connectivity index (χ0) is 33.3. The SMILES string of the molecule is CCCCCCCCCCCCN=c1ccn(CCCCCCCCCn2ccc(=NCCCCCCCCCCCC)cc2)cc1. The Kier molecular flexibility index (Phi) is 27.3. The zero-order valence-electron chi connectivity index (χ0n) is 31.3. The van der Waals surface area contributed by atoms with E-state index in [-0.39, 0.29) is 0 Å². The fraction of sp³-hybridized carbons (Fsp3) is 0.767. The summed E-state index contributed by atoms with van der Waals surface area (Å²) >= 11 is 0. The molecule has 2 aromatic heterocycles. The van der Waals surface area contributed by atoms with Crippen LogP contribution in [0.5, 0.6) is 0 Å². The van der Waals surface area contributed by atoms with E-state index in [0.717, 1.165) is 36.9 Å². The third-order valence-electron chi connectivity index (χ3n) is 9.69. The van der Waals surface area contributed by atoms with E-state index in [0.29, 0.717) is 0 Å². The largest absolute Gasteiger partial charge is 0.354 e. The minimum absolute atomic E-state index is 0.973. The molecule has 0 N–H and O–H groups in total. The second-order valence-electron chi connectivity index (χ2n) is 14.2. The summed E-state index contributed by atoms with van der Waals surface area (Å²) in [4.78, 5) is 9.59. The molecule has 0 saturated carbocycles. The van der Waals surface area contributed by atoms with Crippen molar-refractivity contribution >= 4 is 0 Å². The summed E-state index contributed by atoms with van der Waals surface area (Å²) < 4.78 is 4.65. The first-order valence-corrected chi connectivity index (χ1v) is 20.6. The lowest BCUT2D eigenvalue weighted by Crippen LogP contribution is -2.07. The Morgan fingerprint density at radius 1 is 0.340 bits per heavy atom. The van der Waals surface area contributed by atoms with Crippen LogP contribution >= 0.6 is 0 Å². The first-order valence-electron chi connectivity index (χ1n) is 20.6. The van der Waals surface area contributed by atoms with Crippen LogP contribution in [0.3, 0.4) is 0 Å². The van der Waals surface area contributed by atoms with E-state index < -0.39 is 0 Å². The van der Waals surface area contributed by atoms with E-state index in [4.69, 9.17) is 9.98 Å². The van der Waals surface area contributed by atoms with Gasteiger partial charge in [0.1, 0.15) is 0 Å². The van der Waals surface area contributed by atoms with Gasteiger partial charge in [0.25, 0.3) is 0 Å². The normalized spacial score (nSPS) is 11.3. The number of unbranched alkanes of at least 4 members (excludes halogenated alkanes) is 24. The predicted octanol–water partition coefficient (Wildman–Crippen LogP) is 12.4. The lowest BCUT2D eigenvalue weighted by Gasteiger charge is -2.07. The van der Waals surface area contributed by atoms with Gasteiger partial charge in [0, 0.05) is 51.0 Å². The maximum atomic E-state index is 4.79. The molecule has 2 aromatic rings. The summed E-state index contributed by atoms with van der Waals surface area (Å²) in [5.74, 6) is 0. The molecule has 0 aliphatic rings. The molecule has 2 rings (SSSR count). The van der Waals surface area contributed by atoms with Crippen molar-refractivity contribution in [3.8, 4) is 0 Å². The van der Waals surface area contributed by atoms with Gasteiger partial charge in [-0.1, -0.05) is 162 Å². The van der Waals surface area contributed by atoms with Crippen LogP contribution in [0.4, 0.5) is 0 Å². The molecular formula is C43H76N4. The topological polar surface area (TPSA) is 34.6 Å². The van der Waals surface area contributed by atoms with Gasteiger partial charge in [-0.3, -0.25) is 9.98 Å². The van der Waals surface area contributed by atoms with Crippen LogP contribution in [0.1, 0.15) is 187 Å². The Morgan fingerprint density at radius 2 is 0.596 bits per heavy atom. The molecule has 0 bridgehead atoms. The monoisotopic (exact) mass is 649 g/mol. The maximum Gasteiger partial charge on any atom is 0.0603 e. The average Bonchev–Trinajstić information content (AvgIpc) is 3.10. The molecule has 0 unspecified atom stereocenters. The van der Waals surface area contributed by atoms with Gasteiger partial charge in [-0.15, -0.1) is 0 Å². The summed E-state index contributed by atoms with van der Waals surface area (Å²) in [5, 5.41) is 2.28. The molecular weight excluding hydrogens is 573 g/mol. The fourth-order valence-electron chi connectivity index (χ4n) is 6.50. The van der Waals surface area contributed by atoms with E-state index >= 15 is 0 Å². The smallest absolute Gasteiger partial charge is 0.0603 e. The average molecular weight is 649 g/mol. The molecule has 0 fully saturated rings. The van der Waals surface area contributed by atoms with Crippen molar-refractivity contribution in [1.82, 2.24) is 9.13 Å². The molecule has 4 nitrogen and oxygen atoms in total. The third-order valence-corrected chi connectivity index (χ3v) is 9.69. The van der Waals surface area contributed by atoms with E-state index in [1.165, 1.54) is 173 Å². The van der Waals surface area contributed by atoms with Crippen molar-refractivity contribution in [2.45, 2.75) is 200 Å². The summed E-state index contributed by atoms with van der Waals surface area (Å²) in [6.45, 7) is 8.77. The summed E-state index contributed by atoms with van der Waals surface area (Å²) in [6, 6.07) is 8.76. The van der Waals surface area contributed by atoms with Gasteiger partial charge in [-0.2, -0.15) is 0 Å². The lowest BCUT2D eigenvalue weighted by atomic mass is 10.1. The number of aromatic nitrogens is 2. The predicted molar refractivity (Wildman–Crippen MR) is 206 cm³/mol. The van der Waals surface area contributed by atoms with Crippen molar-refractivity contribution in [2.75, 3.05) is 13.1 Å². The van der Waals surface area contributed by atoms with Gasteiger partial charge in [-0.25, -0.2) is 0 Å². The first-order chi connectivity index (χ1) is 23.3. The number of hydrogen-bond donors (Lipinski definition) is 0. The molecule has 47 heavy (non-hydrogen) atoms. The Labute approximate surface area is 291 Å². The van der Waals surface area contributed by atoms with Crippen LogP contribution in [-0.4, -0.2) is 22.2 Å². The Morgan fingerprint density at radius 3 is 0.894 bits per heavy atom. The van der Waals surface area contributed by atoms with Crippen molar-refractivity contribution in [1.29, 1.82) is 0 Å². The van der Waals surface area contributed by atoms with Gasteiger partial charge in [0.2, 0.25) is 0 Å². The van der Waals surface area contributed by atoms with Crippen LogP contribution in [0.2, 0.25) is 0 Å². The number of nitrogens with zero attached hydrogens (tertiary/aromatic N) is 4. The van der Waals surface area contributed by atoms with Crippen molar-refractivity contribution in [3.05, 3.63) is 59.8 Å². The molecule has 2 heterocycles. The molecule has 0 aromatic carbocycles. The number of pyridine rings is 2. The minimum atomic E-state index is 0.973. The molecule has 268 valence electrons. The summed E-state index contributed by atoms with van der Waals surface area (Å²) in [5.41, 5.74) is 0. The van der Waals surface area contributed by atoms with Crippen LogP contribution in [-0.2, 0) is 13.1 Å². The van der Waals surface area contributed by atoms with Gasteiger partial charge in [0.05, 0.1) is 10.7 Å². The second-order valence-corrected chi connectivity index (χ2v) is 14.2. The van der Waals surface area contributed by atoms with Gasteiger partial charge in [-0.05, 0) is 49.9 Å². The van der Waals surface area contributed by atoms with Gasteiger partial charge < -0.3 is 9.13 Å². The molecule has 0 aliphatic carbocycles. The van der Waals surface area contributed by atoms with Crippen molar-refractivity contribution < 1.29 is 0 Å². The fourth-order valence-corrected chi connectivity index (χ4v) is 6.50. The van der Waals surface area contributed by atoms with Crippen LogP contribution in [0.25, 0.3) is 0 Å². The van der Waals surface area contributed by atoms with Crippen molar-refractivity contribution in [3.63, 3.8) is 0 Å². The highest BCUT2D eigenvalue weighted by atomic mass is 14.9. The van der Waals surface area contributed by atoms with Crippen LogP contribution in [0.15, 0.2) is 59.0 Å². The number of hydrogen-bond acceptors (Lipinski definition) is 2. The lowest BCUT2D eigenvalue weighted by molar-refractivity contribution is 0.527. The Hall–Kier alpha value is -2.10. The molecule has 0 radical (unpaired) electrons. The molecule has 0 aliphatic heterocycles. The van der Waals surface area contributed by atoms with E-state index in [2.05, 4.69) is 72.0 Å². The minimum Gasteiger partial charge on any atom is -0.354 e. The molecule has 0 saturated heterocycles. The summed E-state index contributed by atoms with van der Waals surface area (Å²) in [7, 11) is 0. The highest BCUT2D eigenvalue weighted by Crippen LogP contribution is 2.12. The molecule has 0 spiro atoms. The molecule has 0 amide bonds. The van der Waals surface area contributed by atoms with E-state index in [1.807, 2.05) is 0 Å². The van der Waals surface area contributed by atoms with Crippen LogP contribution in [0, 0.1) is 0 Å². The molecule has 0 atom stereocenters. The molecule has 4 heteroatoms. The summed E-state index contributed by atoms with van der Waals surface area (Å²) in [6.07, 6.45) is 45.8. The second kappa shape index (κ2) is 31.2. The van der Waals surface area contributed by atoms with Gasteiger partial charge in [0.15, 0.2) is 0 Å². The Bertz CT molecular complexity index is 955. The maximum absolute atomic E-state index is 4.79. The van der Waals surface area contributed by atoms with Crippen molar-refractivity contribution in [2.24, 2.45) is 9.98 Å². The van der Waals surface area contributed by atoms with Crippen LogP contribution < -0.4 is 10.7 Å². The highest BCUT2D eigenvalue weighted by Gasteiger charge is 1.97. The quantitative estimate of drug-likeness (QED) is 0.0708. The van der Waals surface area contributed by atoms with Gasteiger partial charge >= 0.3 is 0 Å². The van der Waals surface area contributed by atoms with E-state index in [1.54, 1.807) is 0 Å². The Balaban J connectivity index is 1.39. The third kappa shape index (κ3) is 24.7. The number of rotatable bonds is 32. The zero-order valence-corrected chi connectivity index (χ0v) is 31.3. The van der Waals surface area contributed by atoms with E-state index in [9.17, 15) is 0 Å². The highest BCUT2D eigenvalue weighted by molar-refractivity contribution is 4.94. The first kappa shape index (κ1) is 41.1. The number of aryl methyl sites for hydroxylation is 2.